The number of halogens is 3. The summed E-state index contributed by atoms with van der Waals surface area (Å²) in [6, 6.07) is 0. The van der Waals surface area contributed by atoms with Crippen LogP contribution in [0.1, 0.15) is 0 Å². The van der Waals surface area contributed by atoms with Crippen molar-refractivity contribution in [3.8, 4) is 0 Å². The van der Waals surface area contributed by atoms with E-state index in [1.54, 1.807) is 0 Å². The Bertz CT molecular complexity index is 224. The summed E-state index contributed by atoms with van der Waals surface area (Å²) in [6.07, 6.45) is 0. The molecule has 0 rings (SSSR count). The van der Waals surface area contributed by atoms with Crippen molar-refractivity contribution < 1.29 is 95.0 Å². The zero-order valence-corrected chi connectivity index (χ0v) is 19.3. The van der Waals surface area contributed by atoms with Crippen LogP contribution in [0.25, 0.3) is 0 Å². The zero-order chi connectivity index (χ0) is 13.5. The number of phosphoric acid groups is 3. The van der Waals surface area contributed by atoms with E-state index in [1.807, 2.05) is 0 Å². The third kappa shape index (κ3) is 1050. The third-order valence-corrected chi connectivity index (χ3v) is 0. The first-order valence-electron chi connectivity index (χ1n) is 2.19. The van der Waals surface area contributed by atoms with Crippen LogP contribution in [0.3, 0.4) is 0 Å². The Morgan fingerprint density at radius 1 is 0.364 bits per heavy atom. The van der Waals surface area contributed by atoms with Crippen molar-refractivity contribution >= 4 is 92.9 Å². The molecule has 0 heterocycles. The molecule has 0 fully saturated rings. The Morgan fingerprint density at radius 3 is 0.364 bits per heavy atom. The molecular formula is Al4Cl3O12P3. The van der Waals surface area contributed by atoms with Crippen LogP contribution in [0.2, 0.25) is 0 Å². The summed E-state index contributed by atoms with van der Waals surface area (Å²) in [5.74, 6) is 0. The molecule has 0 atom stereocenters. The predicted molar refractivity (Wildman–Crippen MR) is 45.8 cm³/mol. The van der Waals surface area contributed by atoms with Gasteiger partial charge in [0.25, 0.3) is 0 Å². The van der Waals surface area contributed by atoms with E-state index >= 15 is 0 Å². The van der Waals surface area contributed by atoms with Gasteiger partial charge in [0, 0.05) is 0 Å². The quantitative estimate of drug-likeness (QED) is 0.222. The molecule has 0 aromatic carbocycles. The van der Waals surface area contributed by atoms with Gasteiger partial charge in [-0.1, -0.05) is 0 Å². The molecular weight excluding hydrogens is 499 g/mol. The van der Waals surface area contributed by atoms with Crippen LogP contribution in [0, 0.1) is 0 Å². The molecule has 0 spiro atoms. The summed E-state index contributed by atoms with van der Waals surface area (Å²) in [4.78, 5) is 76.9. The second-order valence-corrected chi connectivity index (χ2v) is 4.02. The topological polar surface area (TPSA) is 259 Å². The van der Waals surface area contributed by atoms with E-state index in [1.165, 1.54) is 0 Å². The minimum absolute atomic E-state index is 0. The number of rotatable bonds is 0. The summed E-state index contributed by atoms with van der Waals surface area (Å²) < 4.78 is 25.6. The van der Waals surface area contributed by atoms with Crippen LogP contribution in [-0.4, -0.2) is 69.4 Å². The molecule has 0 unspecified atom stereocenters. The van der Waals surface area contributed by atoms with Gasteiger partial charge in [-0.2, -0.15) is 23.5 Å². The van der Waals surface area contributed by atoms with Crippen molar-refractivity contribution in [2.45, 2.75) is 0 Å². The zero-order valence-electron chi connectivity index (χ0n) is 9.68. The van der Waals surface area contributed by atoms with Crippen molar-refractivity contribution in [3.05, 3.63) is 0 Å². The molecule has 0 saturated carbocycles. The molecule has 22 heteroatoms. The van der Waals surface area contributed by atoms with E-state index in [0.29, 0.717) is 0 Å². The summed E-state index contributed by atoms with van der Waals surface area (Å²) in [6.45, 7) is 0. The molecule has 0 aliphatic heterocycles. The molecule has 0 aromatic heterocycles. The minimum atomic E-state index is -5.39. The van der Waals surface area contributed by atoms with Gasteiger partial charge in [0.1, 0.15) is 0 Å². The van der Waals surface area contributed by atoms with Gasteiger partial charge >= 0.3 is 69.4 Å². The second-order valence-electron chi connectivity index (χ2n) is 1.34. The fourth-order valence-corrected chi connectivity index (χ4v) is 0. The molecule has 22 heavy (non-hydrogen) atoms. The van der Waals surface area contributed by atoms with Crippen LogP contribution < -0.4 is 81.3 Å². The van der Waals surface area contributed by atoms with Gasteiger partial charge in [0.2, 0.25) is 0 Å². The van der Waals surface area contributed by atoms with Crippen LogP contribution in [0.15, 0.2) is 0 Å². The van der Waals surface area contributed by atoms with Gasteiger partial charge in [-0.25, -0.2) is 0 Å². The number of hydrogen-bond acceptors (Lipinski definition) is 12. The molecule has 0 amide bonds. The molecule has 12 nitrogen and oxygen atoms in total. The van der Waals surface area contributed by atoms with Gasteiger partial charge in [-0.3, -0.25) is 0 Å². The molecule has 0 saturated heterocycles. The minimum Gasteiger partial charge on any atom is -1.00 e. The molecule has 0 aliphatic rings. The normalized spacial score (nSPS) is 8.05. The first kappa shape index (κ1) is 63.8. The van der Waals surface area contributed by atoms with Gasteiger partial charge in [0.15, 0.2) is 0 Å². The van der Waals surface area contributed by atoms with E-state index in [4.69, 9.17) is 57.7 Å². The molecule has 0 bridgehead atoms. The SMILES string of the molecule is O=P([O-])([O-])[O-].O=P([O-])([O-])[O-].O=P([O-])([O-])[O-].[Al+3].[Al+3].[Al+3].[Al+3].[Cl-].[Cl-].[Cl-]. The van der Waals surface area contributed by atoms with Crippen LogP contribution in [-0.2, 0) is 13.7 Å². The van der Waals surface area contributed by atoms with Gasteiger partial charge in [-0.05, 0) is 0 Å². The maximum atomic E-state index is 8.55. The summed E-state index contributed by atoms with van der Waals surface area (Å²) >= 11 is 0. The predicted octanol–water partition coefficient (Wildman–Crippen LogP) is -19.0. The van der Waals surface area contributed by atoms with E-state index in [-0.39, 0.29) is 107 Å². The summed E-state index contributed by atoms with van der Waals surface area (Å²) in [5.41, 5.74) is 0. The Kier molecular flexibility index (Phi) is 84.4. The van der Waals surface area contributed by atoms with Gasteiger partial charge in [0.05, 0.1) is 0 Å². The van der Waals surface area contributed by atoms with Crippen LogP contribution >= 0.6 is 23.5 Å². The summed E-state index contributed by atoms with van der Waals surface area (Å²) in [7, 11) is -16.2. The van der Waals surface area contributed by atoms with Gasteiger partial charge < -0.3 is 95.0 Å². The van der Waals surface area contributed by atoms with E-state index < -0.39 is 23.5 Å². The number of hydrogen-bond donors (Lipinski definition) is 0. The molecule has 0 radical (unpaired) electrons. The monoisotopic (exact) mass is 498 g/mol. The Hall–Kier alpha value is 3.33. The average molecular weight is 499 g/mol. The molecule has 0 aromatic rings. The molecule has 0 N–H and O–H groups in total. The fraction of sp³-hybridized carbons (Fsp3) is 0. The fourth-order valence-electron chi connectivity index (χ4n) is 0. The largest absolute Gasteiger partial charge is 3.00 e. The maximum Gasteiger partial charge on any atom is 3.00 e. The average Bonchev–Trinajstić information content (AvgIpc) is 1.41. The maximum absolute atomic E-state index is 8.55. The van der Waals surface area contributed by atoms with E-state index in [9.17, 15) is 0 Å². The smallest absolute Gasteiger partial charge is 1.00 e. The molecule has 0 aliphatic carbocycles. The Morgan fingerprint density at radius 2 is 0.364 bits per heavy atom. The van der Waals surface area contributed by atoms with Crippen molar-refractivity contribution in [1.82, 2.24) is 0 Å². The third-order valence-electron chi connectivity index (χ3n) is 0. The van der Waals surface area contributed by atoms with Crippen molar-refractivity contribution in [2.75, 3.05) is 0 Å². The van der Waals surface area contributed by atoms with Crippen LogP contribution in [0.4, 0.5) is 0 Å². The van der Waals surface area contributed by atoms with E-state index in [0.717, 1.165) is 0 Å². The van der Waals surface area contributed by atoms with Crippen LogP contribution in [0.5, 0.6) is 0 Å². The van der Waals surface area contributed by atoms with Crippen molar-refractivity contribution in [2.24, 2.45) is 0 Å². The first-order valence-corrected chi connectivity index (χ1v) is 6.57. The Labute approximate surface area is 186 Å². The summed E-state index contributed by atoms with van der Waals surface area (Å²) in [5, 5.41) is 0. The van der Waals surface area contributed by atoms with Crippen molar-refractivity contribution in [3.63, 3.8) is 0 Å². The first-order chi connectivity index (χ1) is 6.00. The Balaban J connectivity index is -0.0000000106. The molecule has 120 valence electrons. The van der Waals surface area contributed by atoms with Gasteiger partial charge in [-0.15, -0.1) is 0 Å². The van der Waals surface area contributed by atoms with E-state index in [2.05, 4.69) is 0 Å². The van der Waals surface area contributed by atoms with Crippen molar-refractivity contribution in [1.29, 1.82) is 0 Å². The standard InChI is InChI=1S/4Al.3ClH.3H3O4P/c;;;;;;;3*1-5(2,3)4/h;;;;3*1H;3*(H3,1,2,3,4)/q4*+3;;;;;;/p-12. The second kappa shape index (κ2) is 29.1.